The Morgan fingerprint density at radius 2 is 1.81 bits per heavy atom. The van der Waals surface area contributed by atoms with E-state index in [1.165, 1.54) is 0 Å². The number of nitriles is 1. The molecule has 2 aromatic rings. The van der Waals surface area contributed by atoms with Crippen LogP contribution in [0.15, 0.2) is 72.0 Å². The van der Waals surface area contributed by atoms with E-state index in [1.54, 1.807) is 19.1 Å². The highest BCUT2D eigenvalue weighted by Crippen LogP contribution is 2.20. The summed E-state index contributed by atoms with van der Waals surface area (Å²) in [4.78, 5) is 12.6. The number of hydrogen-bond donors (Lipinski definition) is 1. The molecule has 0 radical (unpaired) electrons. The fourth-order valence-corrected chi connectivity index (χ4v) is 2.92. The van der Waals surface area contributed by atoms with Gasteiger partial charge in [0.05, 0.1) is 23.4 Å². The number of carbonyl (C=O) groups is 1. The molecule has 2 aromatic carbocycles. The number of terminal acetylenes is 1. The molecule has 0 heterocycles. The number of nitrogens with one attached hydrogen (secondary N) is 1. The second-order valence-electron chi connectivity index (χ2n) is 6.49. The minimum absolute atomic E-state index is 0.280. The van der Waals surface area contributed by atoms with E-state index in [2.05, 4.69) is 24.2 Å². The molecule has 0 saturated carbocycles. The second kappa shape index (κ2) is 14.9. The van der Waals surface area contributed by atoms with Gasteiger partial charge in [-0.2, -0.15) is 5.26 Å². The molecule has 0 aliphatic rings. The maximum atomic E-state index is 12.6. The van der Waals surface area contributed by atoms with Gasteiger partial charge in [-0.25, -0.2) is 4.79 Å². The first-order chi connectivity index (χ1) is 15.6. The third-order valence-electron chi connectivity index (χ3n) is 4.37. The van der Waals surface area contributed by atoms with E-state index in [4.69, 9.17) is 9.47 Å². The number of anilines is 1. The monoisotopic (exact) mass is 430 g/mol. The van der Waals surface area contributed by atoms with Crippen LogP contribution in [0.3, 0.4) is 0 Å². The lowest BCUT2D eigenvalue weighted by atomic mass is 10.0. The number of benzene rings is 2. The van der Waals surface area contributed by atoms with E-state index < -0.39 is 5.97 Å². The molecule has 0 aliphatic heterocycles. The highest BCUT2D eigenvalue weighted by molar-refractivity contribution is 5.92. The third-order valence-corrected chi connectivity index (χ3v) is 4.37. The maximum absolute atomic E-state index is 12.6. The molecule has 32 heavy (non-hydrogen) atoms. The predicted molar refractivity (Wildman–Crippen MR) is 129 cm³/mol. The Morgan fingerprint density at radius 1 is 1.09 bits per heavy atom. The van der Waals surface area contributed by atoms with Crippen LogP contribution in [0.25, 0.3) is 0 Å². The van der Waals surface area contributed by atoms with Gasteiger partial charge >= 0.3 is 5.97 Å². The zero-order valence-electron chi connectivity index (χ0n) is 18.9. The molecule has 5 nitrogen and oxygen atoms in total. The van der Waals surface area contributed by atoms with Gasteiger partial charge in [0.15, 0.2) is 0 Å². The molecule has 0 spiro atoms. The van der Waals surface area contributed by atoms with E-state index in [1.807, 2.05) is 62.4 Å². The summed E-state index contributed by atoms with van der Waals surface area (Å²) in [5.74, 6) is 0.0468. The quantitative estimate of drug-likeness (QED) is 0.180. The average molecular weight is 431 g/mol. The number of carbonyl (C=O) groups excluding carboxylic acids is 1. The molecule has 1 N–H and O–H groups in total. The average Bonchev–Trinajstić information content (AvgIpc) is 2.84. The molecule has 0 amide bonds. The van der Waals surface area contributed by atoms with Crippen LogP contribution in [0, 0.1) is 24.2 Å². The van der Waals surface area contributed by atoms with Crippen molar-refractivity contribution < 1.29 is 14.3 Å². The van der Waals surface area contributed by atoms with Crippen molar-refractivity contribution >= 4 is 11.7 Å². The number of esters is 1. The van der Waals surface area contributed by atoms with Crippen LogP contribution in [-0.2, 0) is 27.3 Å². The zero-order valence-corrected chi connectivity index (χ0v) is 18.9. The van der Waals surface area contributed by atoms with Crippen molar-refractivity contribution in [3.05, 3.63) is 88.7 Å². The molecule has 0 saturated heterocycles. The first-order valence-electron chi connectivity index (χ1n) is 10.4. The molecule has 0 unspecified atom stereocenters. The summed E-state index contributed by atoms with van der Waals surface area (Å²) in [5, 5.41) is 12.6. The van der Waals surface area contributed by atoms with E-state index in [-0.39, 0.29) is 6.61 Å². The van der Waals surface area contributed by atoms with Crippen molar-refractivity contribution in [2.45, 2.75) is 33.8 Å². The molecule has 0 atom stereocenters. The first kappa shape index (κ1) is 26.1. The van der Waals surface area contributed by atoms with Crippen molar-refractivity contribution in [3.63, 3.8) is 0 Å². The lowest BCUT2D eigenvalue weighted by molar-refractivity contribution is -0.138. The van der Waals surface area contributed by atoms with Crippen molar-refractivity contribution in [3.8, 4) is 18.9 Å². The number of hydrogen-bond acceptors (Lipinski definition) is 5. The second-order valence-corrected chi connectivity index (χ2v) is 6.49. The summed E-state index contributed by atoms with van der Waals surface area (Å²) >= 11 is 0. The molecular formula is C27H30N2O3. The summed E-state index contributed by atoms with van der Waals surface area (Å²) in [6, 6.07) is 17.6. The van der Waals surface area contributed by atoms with Gasteiger partial charge < -0.3 is 14.8 Å². The van der Waals surface area contributed by atoms with E-state index in [9.17, 15) is 10.1 Å². The molecule has 0 fully saturated rings. The van der Waals surface area contributed by atoms with Gasteiger partial charge in [-0.1, -0.05) is 42.5 Å². The summed E-state index contributed by atoms with van der Waals surface area (Å²) in [7, 11) is 0. The van der Waals surface area contributed by atoms with Gasteiger partial charge in [0.1, 0.15) is 18.4 Å². The van der Waals surface area contributed by atoms with Crippen LogP contribution in [-0.4, -0.2) is 19.1 Å². The molecule has 5 heteroatoms. The van der Waals surface area contributed by atoms with Crippen LogP contribution in [0.2, 0.25) is 0 Å². The Balaban J connectivity index is 0.00000249. The third kappa shape index (κ3) is 8.05. The Morgan fingerprint density at radius 3 is 2.41 bits per heavy atom. The Kier molecular flexibility index (Phi) is 12.2. The fraction of sp³-hybridized carbons (Fsp3) is 0.259. The van der Waals surface area contributed by atoms with Crippen molar-refractivity contribution in [2.24, 2.45) is 0 Å². The minimum atomic E-state index is -0.427. The SMILES string of the molecule is C#C.C/C=C(OCc1ccccc1)\C(=C/Cc1ccc(NCC)c(C#N)c1)C(=O)OCC. The number of allylic oxidation sites excluding steroid dienone is 2. The van der Waals surface area contributed by atoms with Crippen molar-refractivity contribution in [1.82, 2.24) is 0 Å². The molecule has 166 valence electrons. The van der Waals surface area contributed by atoms with Crippen molar-refractivity contribution in [1.29, 1.82) is 5.26 Å². The van der Waals surface area contributed by atoms with Gasteiger partial charge in [-0.05, 0) is 56.5 Å². The van der Waals surface area contributed by atoms with Crippen LogP contribution < -0.4 is 5.32 Å². The topological polar surface area (TPSA) is 71.3 Å². The number of ether oxygens (including phenoxy) is 2. The van der Waals surface area contributed by atoms with Crippen LogP contribution in [0.1, 0.15) is 37.5 Å². The van der Waals surface area contributed by atoms with Crippen molar-refractivity contribution in [2.75, 3.05) is 18.5 Å². The Bertz CT molecular complexity index is 983. The summed E-state index contributed by atoms with van der Waals surface area (Å²) in [6.07, 6.45) is 12.0. The Hall–Kier alpha value is -3.96. The highest BCUT2D eigenvalue weighted by Gasteiger charge is 2.17. The highest BCUT2D eigenvalue weighted by atomic mass is 16.5. The molecule has 0 bridgehead atoms. The van der Waals surface area contributed by atoms with Gasteiger partial charge in [0.25, 0.3) is 0 Å². The molecular weight excluding hydrogens is 400 g/mol. The van der Waals surface area contributed by atoms with Gasteiger partial charge in [0.2, 0.25) is 0 Å². The summed E-state index contributed by atoms with van der Waals surface area (Å²) < 4.78 is 11.2. The molecule has 0 aromatic heterocycles. The maximum Gasteiger partial charge on any atom is 0.341 e. The van der Waals surface area contributed by atoms with Crippen LogP contribution >= 0.6 is 0 Å². The first-order valence-corrected chi connectivity index (χ1v) is 10.4. The number of rotatable bonds is 10. The standard InChI is InChI=1S/C25H28N2O3.C2H2/c1-4-24(30-18-20-10-8-7-9-11-20)22(25(28)29-6-3)14-12-19-13-15-23(27-5-2)21(16-19)17-26;1-2/h4,7-11,13-16,27H,5-6,12,18H2,1-3H3;1-2H/b22-14+,24-4+;. The summed E-state index contributed by atoms with van der Waals surface area (Å²) in [5.41, 5.74) is 3.70. The minimum Gasteiger partial charge on any atom is -0.488 e. The molecule has 2 rings (SSSR count). The normalized spacial score (nSPS) is 10.9. The number of nitrogens with zero attached hydrogens (tertiary/aromatic N) is 1. The smallest absolute Gasteiger partial charge is 0.341 e. The van der Waals surface area contributed by atoms with Gasteiger partial charge in [0, 0.05) is 6.54 Å². The van der Waals surface area contributed by atoms with Crippen LogP contribution in [0.4, 0.5) is 5.69 Å². The van der Waals surface area contributed by atoms with Gasteiger partial charge in [-0.15, -0.1) is 12.8 Å². The zero-order chi connectivity index (χ0) is 23.8. The lowest BCUT2D eigenvalue weighted by Gasteiger charge is -2.14. The fourth-order valence-electron chi connectivity index (χ4n) is 2.92. The Labute approximate surface area is 191 Å². The van der Waals surface area contributed by atoms with E-state index in [0.717, 1.165) is 23.4 Å². The predicted octanol–water partition coefficient (Wildman–Crippen LogP) is 5.39. The lowest BCUT2D eigenvalue weighted by Crippen LogP contribution is -2.12. The van der Waals surface area contributed by atoms with Gasteiger partial charge in [-0.3, -0.25) is 0 Å². The summed E-state index contributed by atoms with van der Waals surface area (Å²) in [6.45, 7) is 6.96. The van der Waals surface area contributed by atoms with Crippen LogP contribution in [0.5, 0.6) is 0 Å². The molecule has 0 aliphatic carbocycles. The van der Waals surface area contributed by atoms with E-state index >= 15 is 0 Å². The van der Waals surface area contributed by atoms with E-state index in [0.29, 0.717) is 29.9 Å². The largest absolute Gasteiger partial charge is 0.488 e.